The maximum Gasteiger partial charge on any atom is 0.260 e. The van der Waals surface area contributed by atoms with E-state index in [1.54, 1.807) is 25.1 Å². The van der Waals surface area contributed by atoms with Crippen LogP contribution in [-0.2, 0) is 0 Å². The number of ether oxygens (including phenoxy) is 1. The number of nitrogens with zero attached hydrogens (tertiary/aromatic N) is 2. The number of hydrogen-bond acceptors (Lipinski definition) is 5. The van der Waals surface area contributed by atoms with Crippen molar-refractivity contribution in [1.82, 2.24) is 9.97 Å². The number of carbonyl (C=O) groups excluding carboxylic acids is 1. The lowest BCUT2D eigenvalue weighted by Crippen LogP contribution is -2.16. The Balaban J connectivity index is 2.27. The number of methoxy groups -OCH3 is 1. The Morgan fingerprint density at radius 2 is 2.10 bits per heavy atom. The van der Waals surface area contributed by atoms with Gasteiger partial charge in [0.2, 0.25) is 11.8 Å². The second kappa shape index (κ2) is 5.75. The summed E-state index contributed by atoms with van der Waals surface area (Å²) in [6, 6.07) is 6.32. The topological polar surface area (TPSA) is 90.1 Å². The molecule has 0 atom stereocenters. The second-order valence-electron chi connectivity index (χ2n) is 4.06. The van der Waals surface area contributed by atoms with E-state index in [-0.39, 0.29) is 11.5 Å². The molecule has 0 saturated heterocycles. The van der Waals surface area contributed by atoms with Crippen LogP contribution in [-0.4, -0.2) is 23.0 Å². The Morgan fingerprint density at radius 1 is 1.35 bits per heavy atom. The van der Waals surface area contributed by atoms with Crippen LogP contribution >= 0.6 is 11.6 Å². The molecule has 0 bridgehead atoms. The third kappa shape index (κ3) is 3.16. The van der Waals surface area contributed by atoms with Gasteiger partial charge in [0.1, 0.15) is 0 Å². The van der Waals surface area contributed by atoms with Gasteiger partial charge in [-0.1, -0.05) is 11.6 Å². The molecule has 0 aliphatic rings. The van der Waals surface area contributed by atoms with E-state index >= 15 is 0 Å². The number of aromatic nitrogens is 2. The first-order valence-electron chi connectivity index (χ1n) is 5.75. The number of nitrogen functional groups attached to an aromatic ring is 1. The van der Waals surface area contributed by atoms with Crippen molar-refractivity contribution in [2.45, 2.75) is 6.92 Å². The highest BCUT2D eigenvalue weighted by Gasteiger charge is 2.13. The molecule has 3 N–H and O–H groups in total. The zero-order valence-electron chi connectivity index (χ0n) is 11.0. The number of aryl methyl sites for hydroxylation is 1. The Labute approximate surface area is 120 Å². The molecule has 6 nitrogen and oxygen atoms in total. The molecule has 0 unspecified atom stereocenters. The Morgan fingerprint density at radius 3 is 2.80 bits per heavy atom. The van der Waals surface area contributed by atoms with Crippen molar-refractivity contribution in [3.05, 3.63) is 40.5 Å². The third-order valence-corrected chi connectivity index (χ3v) is 2.76. The molecule has 1 heterocycles. The lowest BCUT2D eigenvalue weighted by Gasteiger charge is -2.08. The summed E-state index contributed by atoms with van der Waals surface area (Å²) in [6.45, 7) is 1.77. The SMILES string of the molecule is COc1cc(C)nc(NC(=O)c2cc(Cl)ccc2N)n1. The first-order chi connectivity index (χ1) is 9.49. The summed E-state index contributed by atoms with van der Waals surface area (Å²) >= 11 is 5.85. The van der Waals surface area contributed by atoms with Gasteiger partial charge in [-0.25, -0.2) is 4.98 Å². The molecule has 20 heavy (non-hydrogen) atoms. The number of hydrogen-bond donors (Lipinski definition) is 2. The Bertz CT molecular complexity index is 661. The maximum absolute atomic E-state index is 12.1. The number of nitrogens with two attached hydrogens (primary N) is 1. The fourth-order valence-corrected chi connectivity index (χ4v) is 1.77. The zero-order chi connectivity index (χ0) is 14.7. The average molecular weight is 293 g/mol. The highest BCUT2D eigenvalue weighted by Crippen LogP contribution is 2.19. The van der Waals surface area contributed by atoms with Crippen LogP contribution in [0.5, 0.6) is 5.88 Å². The summed E-state index contributed by atoms with van der Waals surface area (Å²) in [5.74, 6) is 0.0794. The van der Waals surface area contributed by atoms with Gasteiger partial charge in [0.25, 0.3) is 5.91 Å². The van der Waals surface area contributed by atoms with Crippen LogP contribution in [0, 0.1) is 6.92 Å². The minimum Gasteiger partial charge on any atom is -0.481 e. The molecule has 0 spiro atoms. The number of halogens is 1. The normalized spacial score (nSPS) is 10.2. The summed E-state index contributed by atoms with van der Waals surface area (Å²) in [5.41, 5.74) is 7.01. The summed E-state index contributed by atoms with van der Waals surface area (Å²) in [4.78, 5) is 20.3. The van der Waals surface area contributed by atoms with Crippen LogP contribution in [0.1, 0.15) is 16.1 Å². The van der Waals surface area contributed by atoms with E-state index < -0.39 is 5.91 Å². The Kier molecular flexibility index (Phi) is 4.05. The van der Waals surface area contributed by atoms with Crippen molar-refractivity contribution in [3.63, 3.8) is 0 Å². The molecule has 2 aromatic rings. The van der Waals surface area contributed by atoms with Crippen molar-refractivity contribution in [3.8, 4) is 5.88 Å². The van der Waals surface area contributed by atoms with E-state index in [0.717, 1.165) is 0 Å². The quantitative estimate of drug-likeness (QED) is 0.847. The van der Waals surface area contributed by atoms with Crippen molar-refractivity contribution in [2.24, 2.45) is 0 Å². The number of rotatable bonds is 3. The van der Waals surface area contributed by atoms with Gasteiger partial charge in [0.15, 0.2) is 0 Å². The Hall–Kier alpha value is -2.34. The molecular weight excluding hydrogens is 280 g/mol. The van der Waals surface area contributed by atoms with Gasteiger partial charge in [0.05, 0.1) is 12.7 Å². The monoisotopic (exact) mass is 292 g/mol. The van der Waals surface area contributed by atoms with E-state index in [4.69, 9.17) is 22.1 Å². The first-order valence-corrected chi connectivity index (χ1v) is 6.13. The molecule has 7 heteroatoms. The number of anilines is 2. The molecule has 1 amide bonds. The van der Waals surface area contributed by atoms with Crippen LogP contribution in [0.2, 0.25) is 5.02 Å². The predicted octanol–water partition coefficient (Wildman–Crippen LogP) is 2.28. The molecule has 1 aromatic heterocycles. The molecular formula is C13H13ClN4O2. The van der Waals surface area contributed by atoms with E-state index in [1.165, 1.54) is 13.2 Å². The van der Waals surface area contributed by atoms with E-state index in [1.807, 2.05) is 0 Å². The molecule has 0 aliphatic carbocycles. The highest BCUT2D eigenvalue weighted by atomic mass is 35.5. The molecule has 2 rings (SSSR count). The number of benzene rings is 1. The number of nitrogens with one attached hydrogen (secondary N) is 1. The molecule has 0 radical (unpaired) electrons. The number of amides is 1. The standard InChI is InChI=1S/C13H13ClN4O2/c1-7-5-11(20-2)17-13(16-7)18-12(19)9-6-8(14)3-4-10(9)15/h3-6H,15H2,1-2H3,(H,16,17,18,19). The van der Waals surface area contributed by atoms with Crippen LogP contribution < -0.4 is 15.8 Å². The summed E-state index contributed by atoms with van der Waals surface area (Å²) in [7, 11) is 1.49. The molecule has 0 aliphatic heterocycles. The predicted molar refractivity (Wildman–Crippen MR) is 77.1 cm³/mol. The van der Waals surface area contributed by atoms with Crippen molar-refractivity contribution < 1.29 is 9.53 Å². The maximum atomic E-state index is 12.1. The number of carbonyl (C=O) groups is 1. The average Bonchev–Trinajstić information content (AvgIpc) is 2.40. The second-order valence-corrected chi connectivity index (χ2v) is 4.50. The van der Waals surface area contributed by atoms with Gasteiger partial charge >= 0.3 is 0 Å². The fourth-order valence-electron chi connectivity index (χ4n) is 1.59. The molecule has 1 aromatic carbocycles. The van der Waals surface area contributed by atoms with Crippen molar-refractivity contribution >= 4 is 29.1 Å². The van der Waals surface area contributed by atoms with E-state index in [2.05, 4.69) is 15.3 Å². The van der Waals surface area contributed by atoms with Crippen molar-refractivity contribution in [2.75, 3.05) is 18.2 Å². The van der Waals surface area contributed by atoms with E-state index in [0.29, 0.717) is 22.3 Å². The first kappa shape index (κ1) is 14.1. The van der Waals surface area contributed by atoms with Crippen LogP contribution in [0.15, 0.2) is 24.3 Å². The smallest absolute Gasteiger partial charge is 0.260 e. The lowest BCUT2D eigenvalue weighted by molar-refractivity contribution is 0.102. The minimum atomic E-state index is -0.433. The fraction of sp³-hybridized carbons (Fsp3) is 0.154. The van der Waals surface area contributed by atoms with Crippen LogP contribution in [0.4, 0.5) is 11.6 Å². The third-order valence-electron chi connectivity index (χ3n) is 2.53. The van der Waals surface area contributed by atoms with Crippen LogP contribution in [0.25, 0.3) is 0 Å². The van der Waals surface area contributed by atoms with Gasteiger partial charge in [0, 0.05) is 22.5 Å². The van der Waals surface area contributed by atoms with Crippen molar-refractivity contribution in [1.29, 1.82) is 0 Å². The van der Waals surface area contributed by atoms with E-state index in [9.17, 15) is 4.79 Å². The van der Waals surface area contributed by atoms with Gasteiger partial charge in [-0.15, -0.1) is 0 Å². The molecule has 104 valence electrons. The minimum absolute atomic E-state index is 0.145. The molecule has 0 fully saturated rings. The van der Waals surface area contributed by atoms with Gasteiger partial charge in [-0.05, 0) is 25.1 Å². The van der Waals surface area contributed by atoms with Gasteiger partial charge in [-0.3, -0.25) is 10.1 Å². The summed E-state index contributed by atoms with van der Waals surface area (Å²) < 4.78 is 5.02. The lowest BCUT2D eigenvalue weighted by atomic mass is 10.1. The highest BCUT2D eigenvalue weighted by molar-refractivity contribution is 6.31. The van der Waals surface area contributed by atoms with Gasteiger partial charge < -0.3 is 10.5 Å². The van der Waals surface area contributed by atoms with Crippen LogP contribution in [0.3, 0.4) is 0 Å². The largest absolute Gasteiger partial charge is 0.481 e. The molecule has 0 saturated carbocycles. The summed E-state index contributed by atoms with van der Waals surface area (Å²) in [5, 5.41) is 2.99. The zero-order valence-corrected chi connectivity index (χ0v) is 11.7. The summed E-state index contributed by atoms with van der Waals surface area (Å²) in [6.07, 6.45) is 0. The van der Waals surface area contributed by atoms with Gasteiger partial charge in [-0.2, -0.15) is 4.98 Å².